The lowest BCUT2D eigenvalue weighted by Crippen LogP contribution is -2.50. The Balaban J connectivity index is 2.22. The fourth-order valence-corrected chi connectivity index (χ4v) is 2.01. The van der Waals surface area contributed by atoms with Crippen LogP contribution in [-0.2, 0) is 4.79 Å². The van der Waals surface area contributed by atoms with Gasteiger partial charge in [-0.1, -0.05) is 6.92 Å². The van der Waals surface area contributed by atoms with E-state index in [2.05, 4.69) is 10.6 Å². The fourth-order valence-electron chi connectivity index (χ4n) is 2.01. The summed E-state index contributed by atoms with van der Waals surface area (Å²) in [7, 11) is 0. The summed E-state index contributed by atoms with van der Waals surface area (Å²) in [5.74, 6) is -0.295. The van der Waals surface area contributed by atoms with Crippen molar-refractivity contribution in [3.05, 3.63) is 0 Å². The Morgan fingerprint density at radius 3 is 2.50 bits per heavy atom. The average Bonchev–Trinajstić information content (AvgIpc) is 2.30. The van der Waals surface area contributed by atoms with Gasteiger partial charge in [-0.05, 0) is 26.2 Å². The van der Waals surface area contributed by atoms with E-state index in [9.17, 15) is 9.59 Å². The Morgan fingerprint density at radius 2 is 2.00 bits per heavy atom. The second-order valence-corrected chi connectivity index (χ2v) is 4.94. The van der Waals surface area contributed by atoms with Gasteiger partial charge in [-0.25, -0.2) is 4.79 Å². The van der Waals surface area contributed by atoms with Crippen molar-refractivity contribution >= 4 is 11.9 Å². The summed E-state index contributed by atoms with van der Waals surface area (Å²) < 4.78 is 0. The molecule has 0 aliphatic carbocycles. The van der Waals surface area contributed by atoms with E-state index in [1.807, 2.05) is 18.7 Å². The number of urea groups is 1. The first-order valence-electron chi connectivity index (χ1n) is 6.59. The zero-order chi connectivity index (χ0) is 13.5. The van der Waals surface area contributed by atoms with Crippen LogP contribution in [-0.4, -0.2) is 48.6 Å². The molecule has 1 atom stereocenters. The molecule has 18 heavy (non-hydrogen) atoms. The van der Waals surface area contributed by atoms with Gasteiger partial charge in [0.2, 0.25) is 5.91 Å². The summed E-state index contributed by atoms with van der Waals surface area (Å²) in [6, 6.07) is 0.288. The summed E-state index contributed by atoms with van der Waals surface area (Å²) in [6.07, 6.45) is 2.65. The standard InChI is InChI=1S/C12H24N4O2/c1-3-9(2)14-12(18)15-10-4-6-16(7-5-10)8-11(13)17/h9-10H,3-8H2,1-2H3,(H2,13,17)(H2,14,15,18). The third kappa shape index (κ3) is 5.35. The SMILES string of the molecule is CCC(C)NC(=O)NC1CCN(CC(N)=O)CC1. The first kappa shape index (κ1) is 14.8. The highest BCUT2D eigenvalue weighted by molar-refractivity contribution is 5.76. The molecule has 1 rings (SSSR count). The van der Waals surface area contributed by atoms with E-state index >= 15 is 0 Å². The molecule has 6 nitrogen and oxygen atoms in total. The summed E-state index contributed by atoms with van der Waals surface area (Å²) in [6.45, 7) is 5.93. The number of piperidine rings is 1. The lowest BCUT2D eigenvalue weighted by atomic mass is 10.1. The summed E-state index contributed by atoms with van der Waals surface area (Å²) in [5, 5.41) is 5.85. The fraction of sp³-hybridized carbons (Fsp3) is 0.833. The van der Waals surface area contributed by atoms with Crippen molar-refractivity contribution in [2.75, 3.05) is 19.6 Å². The van der Waals surface area contributed by atoms with Gasteiger partial charge in [0.15, 0.2) is 0 Å². The maximum absolute atomic E-state index is 11.6. The number of primary amides is 1. The highest BCUT2D eigenvalue weighted by Crippen LogP contribution is 2.09. The zero-order valence-electron chi connectivity index (χ0n) is 11.2. The van der Waals surface area contributed by atoms with Crippen molar-refractivity contribution in [2.45, 2.75) is 45.2 Å². The highest BCUT2D eigenvalue weighted by Gasteiger charge is 2.21. The number of carbonyl (C=O) groups excluding carboxylic acids is 2. The third-order valence-electron chi connectivity index (χ3n) is 3.29. The van der Waals surface area contributed by atoms with E-state index in [1.54, 1.807) is 0 Å². The van der Waals surface area contributed by atoms with Crippen LogP contribution in [0.25, 0.3) is 0 Å². The van der Waals surface area contributed by atoms with Crippen LogP contribution in [0.15, 0.2) is 0 Å². The molecule has 0 spiro atoms. The zero-order valence-corrected chi connectivity index (χ0v) is 11.2. The Labute approximate surface area is 108 Å². The number of amides is 3. The summed E-state index contributed by atoms with van der Waals surface area (Å²) in [4.78, 5) is 24.4. The van der Waals surface area contributed by atoms with Gasteiger partial charge in [-0.2, -0.15) is 0 Å². The maximum Gasteiger partial charge on any atom is 0.315 e. The number of rotatable bonds is 5. The van der Waals surface area contributed by atoms with E-state index in [-0.39, 0.29) is 24.0 Å². The van der Waals surface area contributed by atoms with Gasteiger partial charge in [-0.15, -0.1) is 0 Å². The van der Waals surface area contributed by atoms with Crippen LogP contribution in [0.3, 0.4) is 0 Å². The molecule has 1 aliphatic heterocycles. The van der Waals surface area contributed by atoms with Crippen LogP contribution in [0.1, 0.15) is 33.1 Å². The van der Waals surface area contributed by atoms with Gasteiger partial charge in [-0.3, -0.25) is 9.69 Å². The van der Waals surface area contributed by atoms with Crippen molar-refractivity contribution in [3.8, 4) is 0 Å². The first-order valence-corrected chi connectivity index (χ1v) is 6.59. The molecule has 1 aliphatic rings. The second kappa shape index (κ2) is 7.20. The molecule has 0 aromatic heterocycles. The van der Waals surface area contributed by atoms with Gasteiger partial charge in [0, 0.05) is 25.2 Å². The number of hydrogen-bond donors (Lipinski definition) is 3. The van der Waals surface area contributed by atoms with Crippen LogP contribution in [0, 0.1) is 0 Å². The van der Waals surface area contributed by atoms with E-state index in [1.165, 1.54) is 0 Å². The normalized spacial score (nSPS) is 19.2. The number of hydrogen-bond acceptors (Lipinski definition) is 3. The average molecular weight is 256 g/mol. The summed E-state index contributed by atoms with van der Waals surface area (Å²) in [5.41, 5.74) is 5.15. The molecule has 0 saturated carbocycles. The van der Waals surface area contributed by atoms with Crippen molar-refractivity contribution in [3.63, 3.8) is 0 Å². The number of nitrogens with two attached hydrogens (primary N) is 1. The Morgan fingerprint density at radius 1 is 1.39 bits per heavy atom. The first-order chi connectivity index (χ1) is 8.51. The molecule has 0 bridgehead atoms. The molecule has 1 fully saturated rings. The Hall–Kier alpha value is -1.30. The molecule has 1 heterocycles. The molecule has 0 aromatic rings. The van der Waals surface area contributed by atoms with Crippen LogP contribution < -0.4 is 16.4 Å². The minimum Gasteiger partial charge on any atom is -0.369 e. The molecule has 0 radical (unpaired) electrons. The van der Waals surface area contributed by atoms with Gasteiger partial charge in [0.1, 0.15) is 0 Å². The topological polar surface area (TPSA) is 87.5 Å². The van der Waals surface area contributed by atoms with E-state index in [4.69, 9.17) is 5.73 Å². The monoisotopic (exact) mass is 256 g/mol. The van der Waals surface area contributed by atoms with Crippen molar-refractivity contribution in [1.82, 2.24) is 15.5 Å². The molecular formula is C12H24N4O2. The smallest absolute Gasteiger partial charge is 0.315 e. The van der Waals surface area contributed by atoms with E-state index < -0.39 is 0 Å². The predicted octanol–water partition coefficient (Wildman–Crippen LogP) is 0.0338. The molecule has 3 amide bonds. The minimum atomic E-state index is -0.295. The predicted molar refractivity (Wildman–Crippen MR) is 70.1 cm³/mol. The highest BCUT2D eigenvalue weighted by atomic mass is 16.2. The van der Waals surface area contributed by atoms with Gasteiger partial charge < -0.3 is 16.4 Å². The minimum absolute atomic E-state index is 0.0994. The van der Waals surface area contributed by atoms with Crippen molar-refractivity contribution in [2.24, 2.45) is 5.73 Å². The quantitative estimate of drug-likeness (QED) is 0.648. The van der Waals surface area contributed by atoms with Crippen LogP contribution in [0.4, 0.5) is 4.79 Å². The Bertz CT molecular complexity index is 288. The largest absolute Gasteiger partial charge is 0.369 e. The molecule has 0 aromatic carbocycles. The number of carbonyl (C=O) groups is 2. The van der Waals surface area contributed by atoms with Crippen LogP contribution >= 0.6 is 0 Å². The van der Waals surface area contributed by atoms with Gasteiger partial charge in [0.05, 0.1) is 6.54 Å². The van der Waals surface area contributed by atoms with Crippen molar-refractivity contribution in [1.29, 1.82) is 0 Å². The molecule has 1 unspecified atom stereocenters. The van der Waals surface area contributed by atoms with Gasteiger partial charge >= 0.3 is 6.03 Å². The van der Waals surface area contributed by atoms with Crippen LogP contribution in [0.5, 0.6) is 0 Å². The van der Waals surface area contributed by atoms with Crippen molar-refractivity contribution < 1.29 is 9.59 Å². The second-order valence-electron chi connectivity index (χ2n) is 4.94. The van der Waals surface area contributed by atoms with Crippen LogP contribution in [0.2, 0.25) is 0 Å². The third-order valence-corrected chi connectivity index (χ3v) is 3.29. The number of likely N-dealkylation sites (tertiary alicyclic amines) is 1. The van der Waals surface area contributed by atoms with E-state index in [0.29, 0.717) is 6.54 Å². The number of nitrogens with zero attached hydrogens (tertiary/aromatic N) is 1. The Kier molecular flexibility index (Phi) is 5.91. The molecule has 1 saturated heterocycles. The maximum atomic E-state index is 11.6. The molecule has 104 valence electrons. The molecule has 4 N–H and O–H groups in total. The van der Waals surface area contributed by atoms with E-state index in [0.717, 1.165) is 32.4 Å². The number of nitrogens with one attached hydrogen (secondary N) is 2. The summed E-state index contributed by atoms with van der Waals surface area (Å²) >= 11 is 0. The van der Waals surface area contributed by atoms with Gasteiger partial charge in [0.25, 0.3) is 0 Å². The molecule has 6 heteroatoms. The molecular weight excluding hydrogens is 232 g/mol. The lowest BCUT2D eigenvalue weighted by Gasteiger charge is -2.31. The lowest BCUT2D eigenvalue weighted by molar-refractivity contribution is -0.119.